The second-order valence-electron chi connectivity index (χ2n) is 10.0. The van der Waals surface area contributed by atoms with Gasteiger partial charge in [-0.05, 0) is 77.9 Å². The fraction of sp³-hybridized carbons (Fsp3) is 0.188. The maximum Gasteiger partial charge on any atom is 0.269 e. The maximum absolute atomic E-state index is 13.1. The van der Waals surface area contributed by atoms with E-state index in [1.165, 1.54) is 17.7 Å². The molecule has 8 heteroatoms. The van der Waals surface area contributed by atoms with Crippen molar-refractivity contribution in [3.05, 3.63) is 129 Å². The van der Waals surface area contributed by atoms with Gasteiger partial charge < -0.3 is 16.0 Å². The van der Waals surface area contributed by atoms with Crippen molar-refractivity contribution in [1.82, 2.24) is 5.32 Å². The number of nitro benzene ring substituents is 1. The zero-order chi connectivity index (χ0) is 28.2. The molecule has 1 aliphatic heterocycles. The maximum atomic E-state index is 13.1. The number of anilines is 1. The zero-order valence-electron chi connectivity index (χ0n) is 22.2. The summed E-state index contributed by atoms with van der Waals surface area (Å²) in [6.45, 7) is 3.48. The van der Waals surface area contributed by atoms with Crippen LogP contribution < -0.4 is 16.0 Å². The van der Waals surface area contributed by atoms with E-state index >= 15 is 0 Å². The molecule has 2 amide bonds. The third-order valence-corrected chi connectivity index (χ3v) is 7.37. The number of nitro groups is 1. The van der Waals surface area contributed by atoms with E-state index in [1.54, 1.807) is 24.3 Å². The number of nitrogens with zero attached hydrogens (tertiary/aromatic N) is 2. The molecule has 0 unspecified atom stereocenters. The largest absolute Gasteiger partial charge is 0.367 e. The SMILES string of the molecule is C[C@H](NC(=O)c1ccc2c(c1)CCCN2Cc1ccccc1-c1ccc(C(N)=O)cc1)c1ccc([N+](=O)[O-])cc1. The Morgan fingerprint density at radius 3 is 2.38 bits per heavy atom. The molecular weight excluding hydrogens is 504 g/mol. The Morgan fingerprint density at radius 1 is 0.975 bits per heavy atom. The molecular formula is C32H30N4O4. The molecule has 5 rings (SSSR count). The molecule has 0 fully saturated rings. The smallest absolute Gasteiger partial charge is 0.269 e. The standard InChI is InChI=1S/C32H30N4O4/c1-21(22-12-15-28(16-13-22)36(39)40)34-32(38)26-14-17-30-25(19-26)6-4-18-35(30)20-27-5-2-3-7-29(27)23-8-10-24(11-9-23)31(33)37/h2-3,5,7-17,19,21H,4,6,18,20H2,1H3,(H2,33,37)(H,34,38)/t21-/m0/s1. The highest BCUT2D eigenvalue weighted by Crippen LogP contribution is 2.32. The highest BCUT2D eigenvalue weighted by atomic mass is 16.6. The molecule has 0 saturated heterocycles. The number of primary amides is 1. The van der Waals surface area contributed by atoms with Crippen molar-refractivity contribution in [3.8, 4) is 11.1 Å². The first-order valence-corrected chi connectivity index (χ1v) is 13.2. The fourth-order valence-electron chi connectivity index (χ4n) is 5.19. The first kappa shape index (κ1) is 26.6. The average Bonchev–Trinajstić information content (AvgIpc) is 2.97. The summed E-state index contributed by atoms with van der Waals surface area (Å²) in [4.78, 5) is 37.4. The van der Waals surface area contributed by atoms with Gasteiger partial charge in [0.05, 0.1) is 11.0 Å². The monoisotopic (exact) mass is 534 g/mol. The molecule has 0 spiro atoms. The lowest BCUT2D eigenvalue weighted by Gasteiger charge is -2.32. The van der Waals surface area contributed by atoms with Gasteiger partial charge in [0.25, 0.3) is 11.6 Å². The van der Waals surface area contributed by atoms with Gasteiger partial charge in [0, 0.05) is 42.0 Å². The summed E-state index contributed by atoms with van der Waals surface area (Å²) in [5.74, 6) is -0.630. The highest BCUT2D eigenvalue weighted by Gasteiger charge is 2.21. The van der Waals surface area contributed by atoms with Gasteiger partial charge >= 0.3 is 0 Å². The summed E-state index contributed by atoms with van der Waals surface area (Å²) >= 11 is 0. The van der Waals surface area contributed by atoms with Gasteiger partial charge in [-0.25, -0.2) is 0 Å². The molecule has 1 atom stereocenters. The van der Waals surface area contributed by atoms with E-state index in [2.05, 4.69) is 22.3 Å². The number of nitrogens with two attached hydrogens (primary N) is 1. The molecule has 0 bridgehead atoms. The number of hydrogen-bond donors (Lipinski definition) is 2. The quantitative estimate of drug-likeness (QED) is 0.219. The minimum Gasteiger partial charge on any atom is -0.367 e. The average molecular weight is 535 g/mol. The highest BCUT2D eigenvalue weighted by molar-refractivity contribution is 5.95. The molecule has 1 aliphatic rings. The van der Waals surface area contributed by atoms with Gasteiger partial charge in [0.1, 0.15) is 0 Å². The third-order valence-electron chi connectivity index (χ3n) is 7.37. The molecule has 4 aromatic rings. The molecule has 3 N–H and O–H groups in total. The number of hydrogen-bond acceptors (Lipinski definition) is 5. The summed E-state index contributed by atoms with van der Waals surface area (Å²) in [5.41, 5.74) is 12.8. The normalized spacial score (nSPS) is 13.3. The van der Waals surface area contributed by atoms with Crippen molar-refractivity contribution < 1.29 is 14.5 Å². The van der Waals surface area contributed by atoms with Crippen LogP contribution in [0.1, 0.15) is 56.8 Å². The van der Waals surface area contributed by atoms with Gasteiger partial charge in [-0.15, -0.1) is 0 Å². The molecule has 202 valence electrons. The van der Waals surface area contributed by atoms with Gasteiger partial charge in [-0.2, -0.15) is 0 Å². The predicted molar refractivity (Wildman–Crippen MR) is 155 cm³/mol. The number of carbonyl (C=O) groups excluding carboxylic acids is 2. The van der Waals surface area contributed by atoms with Crippen LogP contribution in [0.5, 0.6) is 0 Å². The number of benzene rings is 4. The molecule has 0 aliphatic carbocycles. The van der Waals surface area contributed by atoms with E-state index in [-0.39, 0.29) is 17.6 Å². The van der Waals surface area contributed by atoms with Crippen LogP contribution in [0.15, 0.2) is 91.0 Å². The van der Waals surface area contributed by atoms with Crippen molar-refractivity contribution in [2.45, 2.75) is 32.4 Å². The van der Waals surface area contributed by atoms with Crippen molar-refractivity contribution in [1.29, 1.82) is 0 Å². The number of non-ortho nitro benzene ring substituents is 1. The van der Waals surface area contributed by atoms with E-state index < -0.39 is 10.8 Å². The van der Waals surface area contributed by atoms with Crippen molar-refractivity contribution in [2.24, 2.45) is 5.73 Å². The van der Waals surface area contributed by atoms with Crippen molar-refractivity contribution >= 4 is 23.2 Å². The molecule has 0 saturated carbocycles. The topological polar surface area (TPSA) is 119 Å². The lowest BCUT2D eigenvalue weighted by Crippen LogP contribution is -2.30. The lowest BCUT2D eigenvalue weighted by molar-refractivity contribution is -0.384. The van der Waals surface area contributed by atoms with Crippen molar-refractivity contribution in [2.75, 3.05) is 11.4 Å². The summed E-state index contributed by atoms with van der Waals surface area (Å²) in [7, 11) is 0. The summed E-state index contributed by atoms with van der Waals surface area (Å²) in [5, 5.41) is 13.9. The summed E-state index contributed by atoms with van der Waals surface area (Å²) in [6, 6.07) is 27.3. The number of carbonyl (C=O) groups is 2. The third kappa shape index (κ3) is 5.71. The Bertz CT molecular complexity index is 1570. The first-order valence-electron chi connectivity index (χ1n) is 13.2. The van der Waals surface area contributed by atoms with Crippen LogP contribution in [-0.2, 0) is 13.0 Å². The summed E-state index contributed by atoms with van der Waals surface area (Å²) in [6.07, 6.45) is 1.87. The molecule has 0 aromatic heterocycles. The van der Waals surface area contributed by atoms with Crippen LogP contribution in [0.2, 0.25) is 0 Å². The number of nitrogens with one attached hydrogen (secondary N) is 1. The van der Waals surface area contributed by atoms with Crippen LogP contribution in [0.3, 0.4) is 0 Å². The van der Waals surface area contributed by atoms with Crippen molar-refractivity contribution in [3.63, 3.8) is 0 Å². The van der Waals surface area contributed by atoms with E-state index in [9.17, 15) is 19.7 Å². The van der Waals surface area contributed by atoms with Crippen LogP contribution in [0.4, 0.5) is 11.4 Å². The van der Waals surface area contributed by atoms with Gasteiger partial charge in [-0.3, -0.25) is 19.7 Å². The Hall–Kier alpha value is -4.98. The Balaban J connectivity index is 1.32. The predicted octanol–water partition coefficient (Wildman–Crippen LogP) is 5.80. The Labute approximate surface area is 232 Å². The van der Waals surface area contributed by atoms with E-state index in [1.807, 2.05) is 49.4 Å². The van der Waals surface area contributed by atoms with E-state index in [0.717, 1.165) is 47.3 Å². The van der Waals surface area contributed by atoms with Crippen LogP contribution in [0, 0.1) is 10.1 Å². The molecule has 8 nitrogen and oxygen atoms in total. The van der Waals surface area contributed by atoms with E-state index in [4.69, 9.17) is 5.73 Å². The van der Waals surface area contributed by atoms with Crippen LogP contribution in [0.25, 0.3) is 11.1 Å². The second-order valence-corrected chi connectivity index (χ2v) is 10.0. The zero-order valence-corrected chi connectivity index (χ0v) is 22.2. The Morgan fingerprint density at radius 2 is 1.68 bits per heavy atom. The summed E-state index contributed by atoms with van der Waals surface area (Å²) < 4.78 is 0. The molecule has 1 heterocycles. The second kappa shape index (κ2) is 11.4. The number of fused-ring (bicyclic) bond motifs is 1. The molecule has 4 aromatic carbocycles. The lowest BCUT2D eigenvalue weighted by atomic mass is 9.95. The van der Waals surface area contributed by atoms with E-state index in [0.29, 0.717) is 17.7 Å². The van der Waals surface area contributed by atoms with Gasteiger partial charge in [-0.1, -0.05) is 48.5 Å². The van der Waals surface area contributed by atoms with Crippen LogP contribution >= 0.6 is 0 Å². The van der Waals surface area contributed by atoms with Gasteiger partial charge in [0.15, 0.2) is 0 Å². The first-order chi connectivity index (χ1) is 19.3. The minimum atomic E-state index is -0.446. The molecule has 40 heavy (non-hydrogen) atoms. The number of amides is 2. The number of rotatable bonds is 8. The molecule has 0 radical (unpaired) electrons. The fourth-order valence-corrected chi connectivity index (χ4v) is 5.19. The Kier molecular flexibility index (Phi) is 7.59. The van der Waals surface area contributed by atoms with Gasteiger partial charge in [0.2, 0.25) is 5.91 Å². The van der Waals surface area contributed by atoms with Crippen LogP contribution in [-0.4, -0.2) is 23.3 Å². The minimum absolute atomic E-state index is 0.0186. The number of aryl methyl sites for hydroxylation is 1.